The number of hydrogen-bond acceptors (Lipinski definition) is 3. The summed E-state index contributed by atoms with van der Waals surface area (Å²) >= 11 is 0. The first-order valence-electron chi connectivity index (χ1n) is 6.88. The van der Waals surface area contributed by atoms with E-state index in [0.717, 1.165) is 10.8 Å². The minimum Gasteiger partial charge on any atom is -0.477 e. The number of anilines is 1. The van der Waals surface area contributed by atoms with E-state index in [1.807, 2.05) is 24.3 Å². The molecule has 0 aliphatic heterocycles. The summed E-state index contributed by atoms with van der Waals surface area (Å²) in [5.41, 5.74) is 0.0187. The van der Waals surface area contributed by atoms with Crippen LogP contribution in [0, 0.1) is 5.92 Å². The van der Waals surface area contributed by atoms with E-state index in [2.05, 4.69) is 24.1 Å². The quantitative estimate of drug-likeness (QED) is 0.892. The SMILES string of the molecule is CC(C)(Nc1nc(C(=O)O)cc2ccccc12)C1CC1. The first kappa shape index (κ1) is 12.9. The monoisotopic (exact) mass is 270 g/mol. The molecule has 2 N–H and O–H groups in total. The second kappa shape index (κ2) is 4.47. The van der Waals surface area contributed by atoms with Crippen molar-refractivity contribution in [2.45, 2.75) is 32.2 Å². The first-order valence-corrected chi connectivity index (χ1v) is 6.88. The maximum absolute atomic E-state index is 11.2. The average Bonchev–Trinajstić information content (AvgIpc) is 3.22. The predicted molar refractivity (Wildman–Crippen MR) is 79.1 cm³/mol. The van der Waals surface area contributed by atoms with Crippen molar-refractivity contribution in [1.82, 2.24) is 4.98 Å². The van der Waals surface area contributed by atoms with Gasteiger partial charge >= 0.3 is 5.97 Å². The number of aromatic carboxylic acids is 1. The van der Waals surface area contributed by atoms with Crippen LogP contribution in [0.5, 0.6) is 0 Å². The van der Waals surface area contributed by atoms with E-state index in [1.54, 1.807) is 6.07 Å². The van der Waals surface area contributed by atoms with Crippen LogP contribution in [0.4, 0.5) is 5.82 Å². The lowest BCUT2D eigenvalue weighted by molar-refractivity contribution is 0.0691. The van der Waals surface area contributed by atoms with Gasteiger partial charge in [-0.25, -0.2) is 9.78 Å². The predicted octanol–water partition coefficient (Wildman–Crippen LogP) is 3.53. The van der Waals surface area contributed by atoms with Crippen LogP contribution in [0.1, 0.15) is 37.2 Å². The van der Waals surface area contributed by atoms with Crippen molar-refractivity contribution in [3.8, 4) is 0 Å². The Bertz CT molecular complexity index is 675. The van der Waals surface area contributed by atoms with Gasteiger partial charge in [-0.1, -0.05) is 24.3 Å². The van der Waals surface area contributed by atoms with Crippen molar-refractivity contribution in [2.24, 2.45) is 5.92 Å². The summed E-state index contributed by atoms with van der Waals surface area (Å²) < 4.78 is 0. The van der Waals surface area contributed by atoms with Gasteiger partial charge < -0.3 is 10.4 Å². The first-order chi connectivity index (χ1) is 9.47. The Morgan fingerprint density at radius 1 is 1.35 bits per heavy atom. The number of rotatable bonds is 4. The molecule has 3 rings (SSSR count). The normalized spacial score (nSPS) is 15.3. The lowest BCUT2D eigenvalue weighted by atomic mass is 9.98. The summed E-state index contributed by atoms with van der Waals surface area (Å²) in [7, 11) is 0. The second-order valence-corrected chi connectivity index (χ2v) is 6.00. The average molecular weight is 270 g/mol. The standard InChI is InChI=1S/C16H18N2O2/c1-16(2,11-7-8-11)18-14-12-6-4-3-5-10(12)9-13(17-14)15(19)20/h3-6,9,11H,7-8H2,1-2H3,(H,17,18)(H,19,20). The number of carbonyl (C=O) groups is 1. The lowest BCUT2D eigenvalue weighted by Crippen LogP contribution is -2.34. The molecule has 0 amide bonds. The number of benzene rings is 1. The number of pyridine rings is 1. The molecule has 4 nitrogen and oxygen atoms in total. The zero-order valence-electron chi connectivity index (χ0n) is 11.7. The van der Waals surface area contributed by atoms with Gasteiger partial charge in [0, 0.05) is 10.9 Å². The van der Waals surface area contributed by atoms with E-state index in [0.29, 0.717) is 11.7 Å². The molecule has 2 aromatic rings. The van der Waals surface area contributed by atoms with Crippen molar-refractivity contribution in [1.29, 1.82) is 0 Å². The molecular formula is C16H18N2O2. The molecular weight excluding hydrogens is 252 g/mol. The topological polar surface area (TPSA) is 62.2 Å². The van der Waals surface area contributed by atoms with Gasteiger partial charge in [0.15, 0.2) is 5.69 Å². The molecule has 0 saturated heterocycles. The lowest BCUT2D eigenvalue weighted by Gasteiger charge is -2.27. The van der Waals surface area contributed by atoms with Crippen molar-refractivity contribution in [3.63, 3.8) is 0 Å². The maximum Gasteiger partial charge on any atom is 0.354 e. The van der Waals surface area contributed by atoms with Crippen molar-refractivity contribution in [2.75, 3.05) is 5.32 Å². The second-order valence-electron chi connectivity index (χ2n) is 6.00. The number of nitrogens with zero attached hydrogens (tertiary/aromatic N) is 1. The van der Waals surface area contributed by atoms with Gasteiger partial charge in [-0.05, 0) is 44.1 Å². The van der Waals surface area contributed by atoms with Gasteiger partial charge in [0.2, 0.25) is 0 Å². The molecule has 1 heterocycles. The Morgan fingerprint density at radius 2 is 2.05 bits per heavy atom. The number of fused-ring (bicyclic) bond motifs is 1. The minimum absolute atomic E-state index is 0.0626. The molecule has 1 aromatic heterocycles. The Labute approximate surface area is 117 Å². The van der Waals surface area contributed by atoms with Crippen LogP contribution in [0.25, 0.3) is 10.8 Å². The fourth-order valence-electron chi connectivity index (χ4n) is 2.62. The molecule has 1 aromatic carbocycles. The van der Waals surface area contributed by atoms with Crippen LogP contribution >= 0.6 is 0 Å². The highest BCUT2D eigenvalue weighted by molar-refractivity contribution is 5.97. The fourth-order valence-corrected chi connectivity index (χ4v) is 2.62. The molecule has 0 bridgehead atoms. The maximum atomic E-state index is 11.2. The zero-order chi connectivity index (χ0) is 14.3. The molecule has 4 heteroatoms. The van der Waals surface area contributed by atoms with Crippen LogP contribution in [0.15, 0.2) is 30.3 Å². The van der Waals surface area contributed by atoms with Crippen molar-refractivity contribution < 1.29 is 9.90 Å². The Kier molecular flexibility index (Phi) is 2.89. The smallest absolute Gasteiger partial charge is 0.354 e. The largest absolute Gasteiger partial charge is 0.477 e. The van der Waals surface area contributed by atoms with Crippen LogP contribution in [0.3, 0.4) is 0 Å². The highest BCUT2D eigenvalue weighted by Gasteiger charge is 2.38. The van der Waals surface area contributed by atoms with Gasteiger partial charge in [-0.3, -0.25) is 0 Å². The van der Waals surface area contributed by atoms with Gasteiger partial charge in [-0.2, -0.15) is 0 Å². The molecule has 0 unspecified atom stereocenters. The molecule has 1 fully saturated rings. The van der Waals surface area contributed by atoms with Crippen LogP contribution in [-0.4, -0.2) is 21.6 Å². The van der Waals surface area contributed by atoms with E-state index in [-0.39, 0.29) is 11.2 Å². The Morgan fingerprint density at radius 3 is 2.70 bits per heavy atom. The summed E-state index contributed by atoms with van der Waals surface area (Å²) in [5.74, 6) is 0.303. The van der Waals surface area contributed by atoms with E-state index in [9.17, 15) is 9.90 Å². The molecule has 1 saturated carbocycles. The molecule has 1 aliphatic carbocycles. The summed E-state index contributed by atoms with van der Waals surface area (Å²) in [5, 5.41) is 14.5. The van der Waals surface area contributed by atoms with E-state index >= 15 is 0 Å². The Hall–Kier alpha value is -2.10. The van der Waals surface area contributed by atoms with E-state index in [4.69, 9.17) is 0 Å². The summed E-state index contributed by atoms with van der Waals surface area (Å²) in [4.78, 5) is 15.5. The third-order valence-electron chi connectivity index (χ3n) is 4.00. The van der Waals surface area contributed by atoms with E-state index < -0.39 is 5.97 Å². The third kappa shape index (κ3) is 2.33. The van der Waals surface area contributed by atoms with Crippen LogP contribution < -0.4 is 5.32 Å². The van der Waals surface area contributed by atoms with Crippen LogP contribution in [0.2, 0.25) is 0 Å². The van der Waals surface area contributed by atoms with Gasteiger partial charge in [-0.15, -0.1) is 0 Å². The zero-order valence-corrected chi connectivity index (χ0v) is 11.7. The molecule has 1 aliphatic rings. The van der Waals surface area contributed by atoms with Gasteiger partial charge in [0.25, 0.3) is 0 Å². The number of aromatic nitrogens is 1. The molecule has 20 heavy (non-hydrogen) atoms. The van der Waals surface area contributed by atoms with E-state index in [1.165, 1.54) is 12.8 Å². The number of hydrogen-bond donors (Lipinski definition) is 2. The Balaban J connectivity index is 2.09. The number of nitrogens with one attached hydrogen (secondary N) is 1. The number of carboxylic acids is 1. The fraction of sp³-hybridized carbons (Fsp3) is 0.375. The summed E-state index contributed by atoms with van der Waals surface area (Å²) in [6, 6.07) is 9.36. The van der Waals surface area contributed by atoms with Gasteiger partial charge in [0.05, 0.1) is 0 Å². The minimum atomic E-state index is -0.997. The van der Waals surface area contributed by atoms with Crippen molar-refractivity contribution in [3.05, 3.63) is 36.0 Å². The van der Waals surface area contributed by atoms with Crippen molar-refractivity contribution >= 4 is 22.6 Å². The van der Waals surface area contributed by atoms with Crippen LogP contribution in [-0.2, 0) is 0 Å². The highest BCUT2D eigenvalue weighted by atomic mass is 16.4. The van der Waals surface area contributed by atoms with Gasteiger partial charge in [0.1, 0.15) is 5.82 Å². The summed E-state index contributed by atoms with van der Waals surface area (Å²) in [6.45, 7) is 4.29. The summed E-state index contributed by atoms with van der Waals surface area (Å²) in [6.07, 6.45) is 2.44. The molecule has 0 radical (unpaired) electrons. The number of carboxylic acid groups (broad SMARTS) is 1. The molecule has 0 spiro atoms. The highest BCUT2D eigenvalue weighted by Crippen LogP contribution is 2.41. The molecule has 0 atom stereocenters. The molecule has 104 valence electrons. The third-order valence-corrected chi connectivity index (χ3v) is 4.00.